The van der Waals surface area contributed by atoms with Crippen LogP contribution in [0.1, 0.15) is 85.9 Å². The van der Waals surface area contributed by atoms with Crippen molar-refractivity contribution in [3.05, 3.63) is 31.7 Å². The van der Waals surface area contributed by atoms with Crippen LogP contribution in [-0.4, -0.2) is 23.3 Å². The van der Waals surface area contributed by atoms with Crippen LogP contribution in [0.25, 0.3) is 0 Å². The number of hydrogen-bond acceptors (Lipinski definition) is 2. The standard InChI is InChI=1S/C20H25Br2F2NO2/c1-3-5-7-8-10-12(9-6-4-2)11-25-19(26)13-14(20(25)27)16(22)18(24)17(23)15(13)21/h12H,3-11H2,1-2H3. The van der Waals surface area contributed by atoms with E-state index < -0.39 is 23.4 Å². The maximum atomic E-state index is 14.0. The van der Waals surface area contributed by atoms with E-state index in [-0.39, 0.29) is 26.0 Å². The van der Waals surface area contributed by atoms with Gasteiger partial charge in [-0.3, -0.25) is 14.5 Å². The first-order valence-corrected chi connectivity index (χ1v) is 11.2. The van der Waals surface area contributed by atoms with E-state index in [0.717, 1.165) is 49.8 Å². The zero-order valence-corrected chi connectivity index (χ0v) is 18.9. The third-order valence-corrected chi connectivity index (χ3v) is 6.55. The molecule has 150 valence electrons. The molecule has 2 amide bonds. The first kappa shape index (κ1) is 22.5. The normalized spacial score (nSPS) is 14.8. The number of amides is 2. The van der Waals surface area contributed by atoms with Gasteiger partial charge >= 0.3 is 0 Å². The van der Waals surface area contributed by atoms with Gasteiger partial charge in [-0.15, -0.1) is 0 Å². The minimum Gasteiger partial charge on any atom is -0.274 e. The number of benzene rings is 1. The summed E-state index contributed by atoms with van der Waals surface area (Å²) >= 11 is 5.89. The monoisotopic (exact) mass is 507 g/mol. The van der Waals surface area contributed by atoms with Crippen LogP contribution >= 0.6 is 31.9 Å². The Labute approximate surface area is 176 Å². The molecule has 0 spiro atoms. The number of carbonyl (C=O) groups is 2. The molecule has 7 heteroatoms. The van der Waals surface area contributed by atoms with E-state index in [9.17, 15) is 18.4 Å². The summed E-state index contributed by atoms with van der Waals surface area (Å²) < 4.78 is 27.4. The SMILES string of the molecule is CCCCCCC(CCCC)CN1C(=O)c2c(Br)c(F)c(F)c(Br)c2C1=O. The highest BCUT2D eigenvalue weighted by Gasteiger charge is 2.42. The van der Waals surface area contributed by atoms with Crippen molar-refractivity contribution < 1.29 is 18.4 Å². The van der Waals surface area contributed by atoms with Gasteiger partial charge in [0.15, 0.2) is 11.6 Å². The Morgan fingerprint density at radius 1 is 0.815 bits per heavy atom. The van der Waals surface area contributed by atoms with Crippen molar-refractivity contribution in [2.24, 2.45) is 5.92 Å². The first-order chi connectivity index (χ1) is 12.8. The lowest BCUT2D eigenvalue weighted by molar-refractivity contribution is 0.0621. The van der Waals surface area contributed by atoms with Crippen LogP contribution in [0.15, 0.2) is 8.95 Å². The zero-order valence-electron chi connectivity index (χ0n) is 15.7. The number of hydrogen-bond donors (Lipinski definition) is 0. The fraction of sp³-hybridized carbons (Fsp3) is 0.600. The third-order valence-electron chi connectivity index (χ3n) is 5.06. The van der Waals surface area contributed by atoms with Crippen molar-refractivity contribution in [2.45, 2.75) is 65.2 Å². The summed E-state index contributed by atoms with van der Waals surface area (Å²) in [5.41, 5.74) is -0.183. The second-order valence-electron chi connectivity index (χ2n) is 7.08. The molecule has 0 bridgehead atoms. The smallest absolute Gasteiger partial charge is 0.262 e. The molecule has 1 aliphatic rings. The molecule has 1 aromatic carbocycles. The molecule has 0 aliphatic carbocycles. The van der Waals surface area contributed by atoms with Crippen molar-refractivity contribution >= 4 is 43.7 Å². The second kappa shape index (κ2) is 10.1. The number of fused-ring (bicyclic) bond motifs is 1. The Balaban J connectivity index is 2.22. The van der Waals surface area contributed by atoms with Gasteiger partial charge in [0.2, 0.25) is 0 Å². The van der Waals surface area contributed by atoms with E-state index in [1.807, 2.05) is 0 Å². The number of nitrogens with zero attached hydrogens (tertiary/aromatic N) is 1. The summed E-state index contributed by atoms with van der Waals surface area (Å²) in [5.74, 6) is -3.24. The van der Waals surface area contributed by atoms with Crippen LogP contribution < -0.4 is 0 Å². The molecular weight excluding hydrogens is 484 g/mol. The third kappa shape index (κ3) is 4.78. The average Bonchev–Trinajstić information content (AvgIpc) is 2.90. The van der Waals surface area contributed by atoms with Crippen molar-refractivity contribution in [1.82, 2.24) is 4.90 Å². The summed E-state index contributed by atoms with van der Waals surface area (Å²) in [6, 6.07) is 0. The van der Waals surface area contributed by atoms with Gasteiger partial charge in [-0.25, -0.2) is 8.78 Å². The molecule has 0 fully saturated rings. The van der Waals surface area contributed by atoms with Crippen molar-refractivity contribution in [3.63, 3.8) is 0 Å². The molecule has 1 heterocycles. The van der Waals surface area contributed by atoms with Crippen molar-refractivity contribution in [1.29, 1.82) is 0 Å². The number of carbonyl (C=O) groups excluding carboxylic acids is 2. The lowest BCUT2D eigenvalue weighted by Crippen LogP contribution is -2.34. The van der Waals surface area contributed by atoms with E-state index in [2.05, 4.69) is 45.7 Å². The van der Waals surface area contributed by atoms with Gasteiger partial charge in [-0.1, -0.05) is 52.4 Å². The van der Waals surface area contributed by atoms with Crippen LogP contribution in [-0.2, 0) is 0 Å². The quantitative estimate of drug-likeness (QED) is 0.150. The zero-order chi connectivity index (χ0) is 20.1. The van der Waals surface area contributed by atoms with Gasteiger partial charge in [0.25, 0.3) is 11.8 Å². The molecule has 0 saturated carbocycles. The Morgan fingerprint density at radius 3 is 1.78 bits per heavy atom. The Hall–Kier alpha value is -0.820. The summed E-state index contributed by atoms with van der Waals surface area (Å²) in [5, 5.41) is 0. The second-order valence-corrected chi connectivity index (χ2v) is 8.67. The molecule has 1 unspecified atom stereocenters. The summed E-state index contributed by atoms with van der Waals surface area (Å²) in [7, 11) is 0. The Morgan fingerprint density at radius 2 is 1.30 bits per heavy atom. The summed E-state index contributed by atoms with van der Waals surface area (Å²) in [6.45, 7) is 4.55. The topological polar surface area (TPSA) is 37.4 Å². The van der Waals surface area contributed by atoms with E-state index >= 15 is 0 Å². The fourth-order valence-electron chi connectivity index (χ4n) is 3.50. The number of unbranched alkanes of at least 4 members (excludes halogenated alkanes) is 4. The highest BCUT2D eigenvalue weighted by molar-refractivity contribution is 9.11. The number of imide groups is 1. The van der Waals surface area contributed by atoms with Gasteiger partial charge in [-0.2, -0.15) is 0 Å². The average molecular weight is 509 g/mol. The lowest BCUT2D eigenvalue weighted by atomic mass is 9.94. The summed E-state index contributed by atoms with van der Waals surface area (Å²) in [4.78, 5) is 26.7. The van der Waals surface area contributed by atoms with Crippen LogP contribution in [0, 0.1) is 17.6 Å². The molecule has 0 radical (unpaired) electrons. The Bertz CT molecular complexity index is 678. The predicted octanol–water partition coefficient (Wildman–Crippen LogP) is 6.86. The lowest BCUT2D eigenvalue weighted by Gasteiger charge is -2.22. The molecule has 0 aromatic heterocycles. The highest BCUT2D eigenvalue weighted by atomic mass is 79.9. The first-order valence-electron chi connectivity index (χ1n) is 9.57. The molecule has 0 N–H and O–H groups in total. The minimum atomic E-state index is -1.16. The van der Waals surface area contributed by atoms with Crippen molar-refractivity contribution in [3.8, 4) is 0 Å². The van der Waals surface area contributed by atoms with Crippen molar-refractivity contribution in [2.75, 3.05) is 6.54 Å². The van der Waals surface area contributed by atoms with Gasteiger partial charge in [-0.05, 0) is 50.6 Å². The maximum Gasteiger partial charge on any atom is 0.262 e. The van der Waals surface area contributed by atoms with E-state index in [4.69, 9.17) is 0 Å². The molecule has 27 heavy (non-hydrogen) atoms. The highest BCUT2D eigenvalue weighted by Crippen LogP contribution is 2.39. The molecule has 1 aromatic rings. The van der Waals surface area contributed by atoms with E-state index in [1.54, 1.807) is 0 Å². The predicted molar refractivity (Wildman–Crippen MR) is 109 cm³/mol. The van der Waals surface area contributed by atoms with Gasteiger partial charge in [0.1, 0.15) is 0 Å². The fourth-order valence-corrected chi connectivity index (χ4v) is 4.58. The molecule has 1 aliphatic heterocycles. The maximum absolute atomic E-state index is 14.0. The largest absolute Gasteiger partial charge is 0.274 e. The Kier molecular flexibility index (Phi) is 8.40. The van der Waals surface area contributed by atoms with Gasteiger partial charge in [0.05, 0.1) is 20.1 Å². The molecule has 1 atom stereocenters. The molecule has 2 rings (SSSR count). The van der Waals surface area contributed by atoms with E-state index in [1.165, 1.54) is 6.42 Å². The number of rotatable bonds is 10. The van der Waals surface area contributed by atoms with Crippen LogP contribution in [0.4, 0.5) is 8.78 Å². The summed E-state index contributed by atoms with van der Waals surface area (Å²) in [6.07, 6.45) is 8.46. The minimum absolute atomic E-state index is 0.0917. The van der Waals surface area contributed by atoms with Gasteiger partial charge in [0, 0.05) is 6.54 Å². The number of halogens is 4. The molecule has 0 saturated heterocycles. The molecular formula is C20H25Br2F2NO2. The van der Waals surface area contributed by atoms with Crippen LogP contribution in [0.2, 0.25) is 0 Å². The molecule has 3 nitrogen and oxygen atoms in total. The van der Waals surface area contributed by atoms with Crippen LogP contribution in [0.5, 0.6) is 0 Å². The van der Waals surface area contributed by atoms with E-state index in [0.29, 0.717) is 6.54 Å². The van der Waals surface area contributed by atoms with Gasteiger partial charge < -0.3 is 0 Å². The van der Waals surface area contributed by atoms with Crippen LogP contribution in [0.3, 0.4) is 0 Å².